The van der Waals surface area contributed by atoms with E-state index in [0.717, 1.165) is 19.3 Å². The van der Waals surface area contributed by atoms with E-state index in [-0.39, 0.29) is 14.9 Å². The fourth-order valence-corrected chi connectivity index (χ4v) is 3.93. The van der Waals surface area contributed by atoms with Crippen LogP contribution >= 0.6 is 23.2 Å². The zero-order chi connectivity index (χ0) is 12.5. The fourth-order valence-electron chi connectivity index (χ4n) is 1.77. The molecule has 1 fully saturated rings. The van der Waals surface area contributed by atoms with Gasteiger partial charge in [0.25, 0.3) is 0 Å². The molecule has 17 heavy (non-hydrogen) atoms. The molecule has 2 rings (SSSR count). The lowest BCUT2D eigenvalue weighted by molar-refractivity contribution is 0.400. The van der Waals surface area contributed by atoms with E-state index in [1.807, 2.05) is 0 Å². The highest BCUT2D eigenvalue weighted by Gasteiger charge is 2.28. The molecule has 93 valence electrons. The zero-order valence-corrected chi connectivity index (χ0v) is 11.4. The molecule has 0 amide bonds. The summed E-state index contributed by atoms with van der Waals surface area (Å²) in [6.45, 7) is 2.21. The van der Waals surface area contributed by atoms with Crippen molar-refractivity contribution in [2.45, 2.75) is 24.2 Å². The third-order valence-corrected chi connectivity index (χ3v) is 5.44. The smallest absolute Gasteiger partial charge is 0.207 e. The van der Waals surface area contributed by atoms with Crippen molar-refractivity contribution in [3.05, 3.63) is 34.8 Å². The molecule has 1 aliphatic heterocycles. The van der Waals surface area contributed by atoms with Crippen LogP contribution in [0.4, 0.5) is 0 Å². The van der Waals surface area contributed by atoms with Gasteiger partial charge in [0.1, 0.15) is 4.90 Å². The van der Waals surface area contributed by atoms with E-state index in [1.54, 1.807) is 18.7 Å². The summed E-state index contributed by atoms with van der Waals surface area (Å²) < 4.78 is 26.0. The van der Waals surface area contributed by atoms with Gasteiger partial charge in [-0.25, -0.2) is 8.42 Å². The van der Waals surface area contributed by atoms with E-state index in [2.05, 4.69) is 0 Å². The molecule has 1 aliphatic rings. The number of piperidine rings is 1. The molecule has 1 aromatic carbocycles. The van der Waals surface area contributed by atoms with Gasteiger partial charge >= 0.3 is 0 Å². The van der Waals surface area contributed by atoms with Crippen LogP contribution in [0.3, 0.4) is 0 Å². The normalized spacial score (nSPS) is 18.2. The summed E-state index contributed by atoms with van der Waals surface area (Å²) in [6, 6.07) is 4.64. The highest BCUT2D eigenvalue weighted by Crippen LogP contribution is 2.32. The molecule has 0 unspecified atom stereocenters. The van der Waals surface area contributed by atoms with Crippen molar-refractivity contribution >= 4 is 33.2 Å². The molecule has 0 N–H and O–H groups in total. The Kier molecular flexibility index (Phi) is 3.98. The second-order valence-electron chi connectivity index (χ2n) is 3.85. The van der Waals surface area contributed by atoms with Gasteiger partial charge in [0.2, 0.25) is 10.0 Å². The Morgan fingerprint density at radius 2 is 1.94 bits per heavy atom. The Morgan fingerprint density at radius 3 is 2.59 bits per heavy atom. The summed E-state index contributed by atoms with van der Waals surface area (Å²) in [7, 11) is -3.55. The Bertz CT molecular complexity index is 510. The third-order valence-electron chi connectivity index (χ3n) is 2.67. The van der Waals surface area contributed by atoms with Gasteiger partial charge in [-0.1, -0.05) is 35.7 Å². The molecule has 1 heterocycles. The maximum Gasteiger partial charge on any atom is 0.244 e. The molecule has 0 aliphatic carbocycles. The molecular weight excluding hydrogens is 281 g/mol. The highest BCUT2D eigenvalue weighted by molar-refractivity contribution is 7.89. The van der Waals surface area contributed by atoms with Gasteiger partial charge in [-0.2, -0.15) is 4.31 Å². The molecule has 0 saturated carbocycles. The zero-order valence-electron chi connectivity index (χ0n) is 9.07. The summed E-state index contributed by atoms with van der Waals surface area (Å²) in [5.41, 5.74) is 0. The lowest BCUT2D eigenvalue weighted by Crippen LogP contribution is -2.32. The Morgan fingerprint density at radius 1 is 1.18 bits per heavy atom. The van der Waals surface area contributed by atoms with Gasteiger partial charge < -0.3 is 0 Å². The molecule has 6 heteroatoms. The van der Waals surface area contributed by atoms with Crippen LogP contribution in [-0.4, -0.2) is 19.3 Å². The Balaban J connectivity index is 2.40. The molecule has 0 spiro atoms. The molecule has 1 aromatic rings. The van der Waals surface area contributed by atoms with Gasteiger partial charge in [-0.05, 0) is 25.0 Å². The maximum absolute atomic E-state index is 12.3. The Labute approximate surface area is 111 Å². The number of hydrogen-bond donors (Lipinski definition) is 0. The second-order valence-corrected chi connectivity index (χ2v) is 6.49. The molecule has 0 bridgehead atoms. The monoisotopic (exact) mass is 292 g/mol. The summed E-state index contributed by atoms with van der Waals surface area (Å²) in [5.74, 6) is 0. The largest absolute Gasteiger partial charge is 0.244 e. The summed E-state index contributed by atoms with van der Waals surface area (Å²) in [4.78, 5) is 0.0739. The number of sulfonamides is 1. The van der Waals surface area contributed by atoms with Crippen molar-refractivity contribution in [2.24, 2.45) is 0 Å². The molecule has 1 saturated heterocycles. The van der Waals surface area contributed by atoms with Crippen molar-refractivity contribution in [3.8, 4) is 0 Å². The van der Waals surface area contributed by atoms with Crippen LogP contribution in [-0.2, 0) is 10.0 Å². The second kappa shape index (κ2) is 5.14. The van der Waals surface area contributed by atoms with E-state index in [4.69, 9.17) is 23.2 Å². The maximum atomic E-state index is 12.3. The van der Waals surface area contributed by atoms with Crippen LogP contribution in [0.15, 0.2) is 23.1 Å². The number of halogens is 2. The standard InChI is InChI=1S/C11H12Cl2NO2S/c12-9-5-4-6-10(11(9)13)17(15,16)14-7-2-1-3-8-14/h4-7H,1-3,8H2. The van der Waals surface area contributed by atoms with E-state index in [9.17, 15) is 8.42 Å². The van der Waals surface area contributed by atoms with Crippen LogP contribution in [0.5, 0.6) is 0 Å². The summed E-state index contributed by atoms with van der Waals surface area (Å²) >= 11 is 11.8. The minimum Gasteiger partial charge on any atom is -0.207 e. The fraction of sp³-hybridized carbons (Fsp3) is 0.364. The van der Waals surface area contributed by atoms with Crippen molar-refractivity contribution < 1.29 is 8.42 Å². The van der Waals surface area contributed by atoms with Crippen molar-refractivity contribution in [1.29, 1.82) is 0 Å². The van der Waals surface area contributed by atoms with Gasteiger partial charge in [-0.15, -0.1) is 0 Å². The van der Waals surface area contributed by atoms with Gasteiger partial charge in [0.05, 0.1) is 10.0 Å². The van der Waals surface area contributed by atoms with Gasteiger partial charge in [0, 0.05) is 13.1 Å². The number of hydrogen-bond acceptors (Lipinski definition) is 2. The van der Waals surface area contributed by atoms with Crippen LogP contribution in [0.25, 0.3) is 0 Å². The summed E-state index contributed by atoms with van der Waals surface area (Å²) in [6.07, 6.45) is 2.67. The first-order valence-corrected chi connectivity index (χ1v) is 7.52. The Hall–Kier alpha value is -0.290. The molecule has 3 nitrogen and oxygen atoms in total. The van der Waals surface area contributed by atoms with E-state index < -0.39 is 10.0 Å². The summed E-state index contributed by atoms with van der Waals surface area (Å²) in [5, 5.41) is 0.345. The van der Waals surface area contributed by atoms with Gasteiger partial charge in [0.15, 0.2) is 0 Å². The van der Waals surface area contributed by atoms with Crippen LogP contribution in [0.2, 0.25) is 10.0 Å². The number of nitrogens with zero attached hydrogens (tertiary/aromatic N) is 1. The van der Waals surface area contributed by atoms with E-state index >= 15 is 0 Å². The lowest BCUT2D eigenvalue weighted by Gasteiger charge is -2.25. The van der Waals surface area contributed by atoms with E-state index in [1.165, 1.54) is 10.4 Å². The molecular formula is C11H12Cl2NO2S. The van der Waals surface area contributed by atoms with Crippen molar-refractivity contribution in [1.82, 2.24) is 4.31 Å². The first-order chi connectivity index (χ1) is 8.03. The lowest BCUT2D eigenvalue weighted by atomic mass is 10.2. The molecule has 0 atom stereocenters. The van der Waals surface area contributed by atoms with Gasteiger partial charge in [-0.3, -0.25) is 0 Å². The predicted octanol–water partition coefficient (Wildman–Crippen LogP) is 3.33. The molecule has 1 radical (unpaired) electrons. The van der Waals surface area contributed by atoms with Crippen LogP contribution in [0.1, 0.15) is 19.3 Å². The SMILES string of the molecule is O=S(=O)(c1cccc(Cl)c1Cl)N1[CH]CCCC1. The number of rotatable bonds is 2. The average molecular weight is 293 g/mol. The highest BCUT2D eigenvalue weighted by atomic mass is 35.5. The predicted molar refractivity (Wildman–Crippen MR) is 68.5 cm³/mol. The third kappa shape index (κ3) is 2.60. The van der Waals surface area contributed by atoms with Crippen molar-refractivity contribution in [2.75, 3.05) is 6.54 Å². The van der Waals surface area contributed by atoms with Crippen LogP contribution < -0.4 is 0 Å². The minimum absolute atomic E-state index is 0.0739. The molecule has 0 aromatic heterocycles. The van der Waals surface area contributed by atoms with E-state index in [0.29, 0.717) is 6.54 Å². The first kappa shape index (κ1) is 13.1. The topological polar surface area (TPSA) is 37.4 Å². The first-order valence-electron chi connectivity index (χ1n) is 5.32. The van der Waals surface area contributed by atoms with Crippen LogP contribution in [0, 0.1) is 6.54 Å². The average Bonchev–Trinajstić information content (AvgIpc) is 2.33. The quantitative estimate of drug-likeness (QED) is 0.838. The number of benzene rings is 1. The minimum atomic E-state index is -3.55. The van der Waals surface area contributed by atoms with Crippen molar-refractivity contribution in [3.63, 3.8) is 0 Å².